The van der Waals surface area contributed by atoms with Crippen LogP contribution in [0.3, 0.4) is 0 Å². The molecule has 35 heavy (non-hydrogen) atoms. The second-order valence-corrected chi connectivity index (χ2v) is 7.91. The molecule has 3 aromatic rings. The van der Waals surface area contributed by atoms with Crippen LogP contribution < -0.4 is 10.1 Å². The third-order valence-corrected chi connectivity index (χ3v) is 5.29. The highest BCUT2D eigenvalue weighted by molar-refractivity contribution is 5.98. The Labute approximate surface area is 198 Å². The number of aromatic nitrogens is 2. The monoisotopic (exact) mass is 493 g/mol. The van der Waals surface area contributed by atoms with E-state index >= 15 is 0 Å². The Hall–Kier alpha value is -3.89. The van der Waals surface area contributed by atoms with Gasteiger partial charge in [0.25, 0.3) is 12.3 Å². The number of carbonyl (C=O) groups is 2. The zero-order chi connectivity index (χ0) is 25.9. The number of hydrogen-bond donors (Lipinski definition) is 2. The van der Waals surface area contributed by atoms with E-state index in [1.807, 2.05) is 0 Å². The summed E-state index contributed by atoms with van der Waals surface area (Å²) in [5.74, 6) is -2.19. The number of carboxylic acids is 1. The molecule has 0 saturated heterocycles. The van der Waals surface area contributed by atoms with Crippen molar-refractivity contribution in [1.82, 2.24) is 15.1 Å². The van der Waals surface area contributed by atoms with Gasteiger partial charge in [0.05, 0.1) is 11.6 Å². The third-order valence-electron chi connectivity index (χ3n) is 5.29. The number of hydrogen-bond acceptors (Lipinski definition) is 4. The maximum absolute atomic E-state index is 13.7. The molecular weight excluding hydrogens is 470 g/mol. The minimum atomic E-state index is -3.09. The number of amides is 1. The highest BCUT2D eigenvalue weighted by atomic mass is 19.3. The molecule has 1 atom stereocenters. The average molecular weight is 493 g/mol. The average Bonchev–Trinajstić information content (AvgIpc) is 3.09. The standard InChI is InChI=1S/C24H23F4N3O4/c1-12-9-15(7-8-17(12)24(33)34)13(2)29-22(32)19-20(21(27)28)30-31(3)23(19)35-16-6-4-5-14(10-16)11-18(25)26/h4-10,13,18,21H,11H2,1-3H3,(H,29,32)(H,33,34). The number of ether oxygens (including phenoxy) is 1. The number of aryl methyl sites for hydroxylation is 2. The van der Waals surface area contributed by atoms with Gasteiger partial charge in [0, 0.05) is 13.5 Å². The summed E-state index contributed by atoms with van der Waals surface area (Å²) in [5, 5.41) is 15.5. The lowest BCUT2D eigenvalue weighted by atomic mass is 10.0. The van der Waals surface area contributed by atoms with Crippen molar-refractivity contribution in [1.29, 1.82) is 0 Å². The molecule has 1 heterocycles. The fourth-order valence-electron chi connectivity index (χ4n) is 3.59. The summed E-state index contributed by atoms with van der Waals surface area (Å²) < 4.78 is 59.5. The van der Waals surface area contributed by atoms with Crippen molar-refractivity contribution >= 4 is 11.9 Å². The van der Waals surface area contributed by atoms with E-state index in [4.69, 9.17) is 4.74 Å². The Bertz CT molecular complexity index is 1240. The molecule has 0 spiro atoms. The van der Waals surface area contributed by atoms with Crippen molar-refractivity contribution in [2.45, 2.75) is 39.2 Å². The van der Waals surface area contributed by atoms with Gasteiger partial charge in [-0.25, -0.2) is 27.0 Å². The van der Waals surface area contributed by atoms with Crippen LogP contribution in [-0.2, 0) is 13.5 Å². The summed E-state index contributed by atoms with van der Waals surface area (Å²) in [6.07, 6.45) is -6.18. The van der Waals surface area contributed by atoms with Crippen molar-refractivity contribution in [3.63, 3.8) is 0 Å². The summed E-state index contributed by atoms with van der Waals surface area (Å²) in [7, 11) is 1.32. The Morgan fingerprint density at radius 1 is 1.14 bits per heavy atom. The normalized spacial score (nSPS) is 12.1. The Morgan fingerprint density at radius 3 is 2.46 bits per heavy atom. The molecule has 1 unspecified atom stereocenters. The molecule has 0 aliphatic rings. The van der Waals surface area contributed by atoms with E-state index in [9.17, 15) is 32.3 Å². The largest absolute Gasteiger partial charge is 0.478 e. The molecule has 0 aliphatic heterocycles. The summed E-state index contributed by atoms with van der Waals surface area (Å²) in [5.41, 5.74) is 0.114. The SMILES string of the molecule is Cc1cc(C(C)NC(=O)c2c(C(F)F)nn(C)c2Oc2cccc(CC(F)F)c2)ccc1C(=O)O. The van der Waals surface area contributed by atoms with Gasteiger partial charge in [-0.2, -0.15) is 5.10 Å². The van der Waals surface area contributed by atoms with Crippen LogP contribution in [0.2, 0.25) is 0 Å². The molecule has 3 rings (SSSR count). The van der Waals surface area contributed by atoms with Gasteiger partial charge < -0.3 is 15.2 Å². The third kappa shape index (κ3) is 5.97. The maximum atomic E-state index is 13.7. The van der Waals surface area contributed by atoms with Gasteiger partial charge in [0.15, 0.2) is 0 Å². The summed E-state index contributed by atoms with van der Waals surface area (Å²) >= 11 is 0. The first-order valence-corrected chi connectivity index (χ1v) is 10.5. The quantitative estimate of drug-likeness (QED) is 0.387. The first-order valence-electron chi connectivity index (χ1n) is 10.5. The summed E-state index contributed by atoms with van der Waals surface area (Å²) in [6.45, 7) is 3.21. The lowest BCUT2D eigenvalue weighted by Crippen LogP contribution is -2.28. The molecule has 2 aromatic carbocycles. The van der Waals surface area contributed by atoms with E-state index in [0.29, 0.717) is 11.1 Å². The Morgan fingerprint density at radius 2 is 1.86 bits per heavy atom. The number of nitrogens with one attached hydrogen (secondary N) is 1. The maximum Gasteiger partial charge on any atom is 0.335 e. The van der Waals surface area contributed by atoms with Gasteiger partial charge >= 0.3 is 5.97 Å². The lowest BCUT2D eigenvalue weighted by Gasteiger charge is -2.17. The zero-order valence-corrected chi connectivity index (χ0v) is 19.1. The van der Waals surface area contributed by atoms with Crippen molar-refractivity contribution in [3.05, 3.63) is 76.0 Å². The van der Waals surface area contributed by atoms with Crippen molar-refractivity contribution in [2.24, 2.45) is 7.05 Å². The second kappa shape index (κ2) is 10.6. The predicted molar refractivity (Wildman–Crippen MR) is 118 cm³/mol. The Balaban J connectivity index is 1.91. The number of carbonyl (C=O) groups excluding carboxylic acids is 1. The van der Waals surface area contributed by atoms with Crippen LogP contribution in [0, 0.1) is 6.92 Å². The lowest BCUT2D eigenvalue weighted by molar-refractivity contribution is 0.0695. The summed E-state index contributed by atoms with van der Waals surface area (Å²) in [6, 6.07) is 9.55. The molecule has 11 heteroatoms. The number of carboxylic acid groups (broad SMARTS) is 1. The van der Waals surface area contributed by atoms with Crippen LogP contribution in [0.25, 0.3) is 0 Å². The molecule has 2 N–H and O–H groups in total. The predicted octanol–water partition coefficient (Wildman–Crippen LogP) is 5.46. The van der Waals surface area contributed by atoms with Gasteiger partial charge in [0.1, 0.15) is 17.0 Å². The number of alkyl halides is 4. The first-order chi connectivity index (χ1) is 16.5. The molecule has 0 aliphatic carbocycles. The molecule has 0 radical (unpaired) electrons. The zero-order valence-electron chi connectivity index (χ0n) is 19.1. The number of nitrogens with zero attached hydrogens (tertiary/aromatic N) is 2. The molecule has 7 nitrogen and oxygen atoms in total. The van der Waals surface area contributed by atoms with Gasteiger partial charge in [-0.3, -0.25) is 4.79 Å². The molecule has 0 fully saturated rings. The van der Waals surface area contributed by atoms with Crippen molar-refractivity contribution in [2.75, 3.05) is 0 Å². The number of rotatable bonds is 9. The summed E-state index contributed by atoms with van der Waals surface area (Å²) in [4.78, 5) is 24.3. The van der Waals surface area contributed by atoms with Crippen LogP contribution >= 0.6 is 0 Å². The van der Waals surface area contributed by atoms with Crippen LogP contribution in [-0.4, -0.2) is 33.2 Å². The highest BCUT2D eigenvalue weighted by Gasteiger charge is 2.30. The van der Waals surface area contributed by atoms with Crippen LogP contribution in [0.5, 0.6) is 11.6 Å². The topological polar surface area (TPSA) is 93.5 Å². The molecular formula is C24H23F4N3O4. The van der Waals surface area contributed by atoms with Crippen molar-refractivity contribution < 1.29 is 37.0 Å². The molecule has 1 amide bonds. The number of benzene rings is 2. The van der Waals surface area contributed by atoms with E-state index in [1.54, 1.807) is 19.9 Å². The van der Waals surface area contributed by atoms with E-state index in [0.717, 1.165) is 4.68 Å². The fraction of sp³-hybridized carbons (Fsp3) is 0.292. The van der Waals surface area contributed by atoms with Crippen LogP contribution in [0.4, 0.5) is 17.6 Å². The van der Waals surface area contributed by atoms with E-state index in [2.05, 4.69) is 10.4 Å². The molecule has 0 bridgehead atoms. The van der Waals surface area contributed by atoms with E-state index < -0.39 is 48.4 Å². The smallest absolute Gasteiger partial charge is 0.335 e. The van der Waals surface area contributed by atoms with E-state index in [-0.39, 0.29) is 22.8 Å². The van der Waals surface area contributed by atoms with Gasteiger partial charge in [-0.15, -0.1) is 0 Å². The van der Waals surface area contributed by atoms with E-state index in [1.165, 1.54) is 43.4 Å². The first kappa shape index (κ1) is 25.7. The minimum Gasteiger partial charge on any atom is -0.478 e. The Kier molecular flexibility index (Phi) is 7.78. The van der Waals surface area contributed by atoms with Crippen LogP contribution in [0.15, 0.2) is 42.5 Å². The van der Waals surface area contributed by atoms with Crippen LogP contribution in [0.1, 0.15) is 62.5 Å². The molecule has 0 saturated carbocycles. The van der Waals surface area contributed by atoms with Gasteiger partial charge in [-0.05, 0) is 48.7 Å². The van der Waals surface area contributed by atoms with Crippen molar-refractivity contribution in [3.8, 4) is 11.6 Å². The molecule has 1 aromatic heterocycles. The number of aromatic carboxylic acids is 1. The number of halogens is 4. The van der Waals surface area contributed by atoms with Gasteiger partial charge in [0.2, 0.25) is 12.3 Å². The highest BCUT2D eigenvalue weighted by Crippen LogP contribution is 2.33. The molecule has 186 valence electrons. The van der Waals surface area contributed by atoms with Gasteiger partial charge in [-0.1, -0.05) is 24.3 Å². The fourth-order valence-corrected chi connectivity index (χ4v) is 3.59. The second-order valence-electron chi connectivity index (χ2n) is 7.91. The minimum absolute atomic E-state index is 0.0777.